The van der Waals surface area contributed by atoms with E-state index in [1.807, 2.05) is 6.92 Å². The maximum absolute atomic E-state index is 11.3. The lowest BCUT2D eigenvalue weighted by Crippen LogP contribution is -2.15. The monoisotopic (exact) mass is 387 g/mol. The lowest BCUT2D eigenvalue weighted by molar-refractivity contribution is -0.385. The average Bonchev–Trinajstić information content (AvgIpc) is 3.29. The molecular weight excluding hydrogens is 370 g/mol. The number of carbonyl (C=O) groups excluding carboxylic acids is 1. The first-order valence-corrected chi connectivity index (χ1v) is 9.00. The first-order valence-electron chi connectivity index (χ1n) is 8.12. The largest absolute Gasteiger partial charge is 0.461 e. The number of nitro benzene ring substituents is 1. The minimum absolute atomic E-state index is 0.0481. The molecule has 2 heterocycles. The molecule has 0 bridgehead atoms. The number of nitro groups is 1. The molecule has 0 aliphatic heterocycles. The van der Waals surface area contributed by atoms with Crippen LogP contribution in [0.5, 0.6) is 0 Å². The third-order valence-corrected chi connectivity index (χ3v) is 5.01. The van der Waals surface area contributed by atoms with Gasteiger partial charge in [0.05, 0.1) is 11.2 Å². The number of primary amides is 1. The van der Waals surface area contributed by atoms with Crippen LogP contribution in [-0.2, 0) is 11.3 Å². The van der Waals surface area contributed by atoms with Crippen LogP contribution in [0.4, 0.5) is 5.69 Å². The van der Waals surface area contributed by atoms with Gasteiger partial charge in [0, 0.05) is 29.8 Å². The second-order valence-corrected chi connectivity index (χ2v) is 7.04. The normalized spacial score (nSPS) is 12.0. The van der Waals surface area contributed by atoms with Gasteiger partial charge in [0.15, 0.2) is 16.7 Å². The summed E-state index contributed by atoms with van der Waals surface area (Å²) in [5, 5.41) is 19.9. The number of benzene rings is 1. The highest BCUT2D eigenvalue weighted by Crippen LogP contribution is 2.39. The standard InChI is InChI=1S/C17H17N5O4S/c1-11(12-5-2-3-6-13(12)22(24)25)27-17-20-19-16(14-7-4-10-26-14)21(17)9-8-15(18)23/h2-7,10-11H,8-9H2,1H3,(H2,18,23). The third kappa shape index (κ3) is 4.17. The Bertz CT molecular complexity index is 954. The highest BCUT2D eigenvalue weighted by Gasteiger charge is 2.23. The van der Waals surface area contributed by atoms with Gasteiger partial charge in [-0.3, -0.25) is 19.5 Å². The molecule has 1 atom stereocenters. The molecule has 0 radical (unpaired) electrons. The van der Waals surface area contributed by atoms with Gasteiger partial charge in [0.1, 0.15) is 0 Å². The predicted molar refractivity (Wildman–Crippen MR) is 98.9 cm³/mol. The molecule has 0 fully saturated rings. The van der Waals surface area contributed by atoms with E-state index in [1.54, 1.807) is 34.9 Å². The number of amides is 1. The molecule has 0 saturated heterocycles. The van der Waals surface area contributed by atoms with Gasteiger partial charge in [-0.1, -0.05) is 30.0 Å². The number of nitrogens with zero attached hydrogens (tertiary/aromatic N) is 4. The van der Waals surface area contributed by atoms with Gasteiger partial charge in [-0.25, -0.2) is 0 Å². The zero-order valence-corrected chi connectivity index (χ0v) is 15.3. The van der Waals surface area contributed by atoms with E-state index in [0.29, 0.717) is 22.3 Å². The second kappa shape index (κ2) is 8.04. The average molecular weight is 387 g/mol. The molecular formula is C17H17N5O4S. The van der Waals surface area contributed by atoms with E-state index in [9.17, 15) is 14.9 Å². The fraction of sp³-hybridized carbons (Fsp3) is 0.235. The molecule has 140 valence electrons. The Balaban J connectivity index is 1.92. The van der Waals surface area contributed by atoms with Crippen molar-refractivity contribution in [1.82, 2.24) is 14.8 Å². The number of carbonyl (C=O) groups is 1. The fourth-order valence-electron chi connectivity index (χ4n) is 2.61. The third-order valence-electron chi connectivity index (χ3n) is 3.89. The molecule has 9 nitrogen and oxygen atoms in total. The molecule has 27 heavy (non-hydrogen) atoms. The summed E-state index contributed by atoms with van der Waals surface area (Å²) in [5.74, 6) is 0.535. The molecule has 0 aliphatic rings. The summed E-state index contributed by atoms with van der Waals surface area (Å²) in [6.45, 7) is 2.14. The van der Waals surface area contributed by atoms with E-state index in [4.69, 9.17) is 10.2 Å². The van der Waals surface area contributed by atoms with Crippen molar-refractivity contribution in [3.8, 4) is 11.6 Å². The molecule has 0 spiro atoms. The van der Waals surface area contributed by atoms with Crippen LogP contribution in [0.3, 0.4) is 0 Å². The van der Waals surface area contributed by atoms with Gasteiger partial charge in [-0.2, -0.15) is 0 Å². The quantitative estimate of drug-likeness (QED) is 0.357. The van der Waals surface area contributed by atoms with Crippen molar-refractivity contribution in [3.63, 3.8) is 0 Å². The SMILES string of the molecule is CC(Sc1nnc(-c2ccco2)n1CCC(N)=O)c1ccccc1[N+](=O)[O-]. The minimum atomic E-state index is -0.447. The topological polar surface area (TPSA) is 130 Å². The van der Waals surface area contributed by atoms with Crippen LogP contribution in [0.25, 0.3) is 11.6 Å². The molecule has 3 rings (SSSR count). The van der Waals surface area contributed by atoms with Gasteiger partial charge in [0.25, 0.3) is 5.69 Å². The molecule has 2 N–H and O–H groups in total. The highest BCUT2D eigenvalue weighted by molar-refractivity contribution is 7.99. The van der Waals surface area contributed by atoms with E-state index in [1.165, 1.54) is 24.1 Å². The zero-order chi connectivity index (χ0) is 19.4. The maximum Gasteiger partial charge on any atom is 0.273 e. The first kappa shape index (κ1) is 18.6. The van der Waals surface area contributed by atoms with Crippen molar-refractivity contribution in [2.24, 2.45) is 5.73 Å². The van der Waals surface area contributed by atoms with E-state index < -0.39 is 10.8 Å². The van der Waals surface area contributed by atoms with Gasteiger partial charge in [-0.05, 0) is 19.1 Å². The van der Waals surface area contributed by atoms with Crippen molar-refractivity contribution in [2.45, 2.75) is 30.3 Å². The van der Waals surface area contributed by atoms with E-state index in [0.717, 1.165) is 0 Å². The Morgan fingerprint density at radius 1 is 1.33 bits per heavy atom. The van der Waals surface area contributed by atoms with Crippen molar-refractivity contribution in [3.05, 3.63) is 58.3 Å². The van der Waals surface area contributed by atoms with Crippen LogP contribution in [0.2, 0.25) is 0 Å². The molecule has 0 saturated carbocycles. The Kier molecular flexibility index (Phi) is 5.55. The number of hydrogen-bond acceptors (Lipinski definition) is 7. The van der Waals surface area contributed by atoms with Gasteiger partial charge < -0.3 is 10.2 Å². The number of thioether (sulfide) groups is 1. The van der Waals surface area contributed by atoms with Crippen LogP contribution in [0.1, 0.15) is 24.2 Å². The summed E-state index contributed by atoms with van der Waals surface area (Å²) >= 11 is 1.32. The Hall–Kier alpha value is -3.14. The Morgan fingerprint density at radius 3 is 2.78 bits per heavy atom. The van der Waals surface area contributed by atoms with Crippen LogP contribution in [-0.4, -0.2) is 25.6 Å². The summed E-state index contributed by atoms with van der Waals surface area (Å²) in [7, 11) is 0. The first-order chi connectivity index (χ1) is 13.0. The summed E-state index contributed by atoms with van der Waals surface area (Å²) < 4.78 is 7.12. The number of rotatable bonds is 8. The highest BCUT2D eigenvalue weighted by atomic mass is 32.2. The second-order valence-electron chi connectivity index (χ2n) is 5.73. The fourth-order valence-corrected chi connectivity index (χ4v) is 3.64. The van der Waals surface area contributed by atoms with E-state index >= 15 is 0 Å². The lowest BCUT2D eigenvalue weighted by atomic mass is 10.1. The number of furan rings is 1. The Labute approximate surface area is 158 Å². The van der Waals surface area contributed by atoms with Crippen LogP contribution in [0, 0.1) is 10.1 Å². The summed E-state index contributed by atoms with van der Waals surface area (Å²) in [6, 6.07) is 10.0. The minimum Gasteiger partial charge on any atom is -0.461 e. The zero-order valence-electron chi connectivity index (χ0n) is 14.4. The van der Waals surface area contributed by atoms with E-state index in [-0.39, 0.29) is 23.9 Å². The molecule has 1 aromatic carbocycles. The number of para-hydroxylation sites is 1. The van der Waals surface area contributed by atoms with Crippen LogP contribution in [0.15, 0.2) is 52.2 Å². The number of aromatic nitrogens is 3. The van der Waals surface area contributed by atoms with Crippen molar-refractivity contribution < 1.29 is 14.1 Å². The smallest absolute Gasteiger partial charge is 0.273 e. The molecule has 0 aliphatic carbocycles. The van der Waals surface area contributed by atoms with Crippen molar-refractivity contribution >= 4 is 23.4 Å². The molecule has 3 aromatic rings. The molecule has 10 heteroatoms. The summed E-state index contributed by atoms with van der Waals surface area (Å²) in [5.41, 5.74) is 5.90. The van der Waals surface area contributed by atoms with Crippen LogP contribution < -0.4 is 5.73 Å². The van der Waals surface area contributed by atoms with Gasteiger partial charge in [-0.15, -0.1) is 10.2 Å². The maximum atomic E-state index is 11.3. The lowest BCUT2D eigenvalue weighted by Gasteiger charge is -2.13. The van der Waals surface area contributed by atoms with Gasteiger partial charge >= 0.3 is 0 Å². The summed E-state index contributed by atoms with van der Waals surface area (Å²) in [6.07, 6.45) is 1.63. The number of hydrogen-bond donors (Lipinski definition) is 1. The molecule has 1 unspecified atom stereocenters. The van der Waals surface area contributed by atoms with Crippen molar-refractivity contribution in [1.29, 1.82) is 0 Å². The van der Waals surface area contributed by atoms with Crippen LogP contribution >= 0.6 is 11.8 Å². The van der Waals surface area contributed by atoms with Crippen molar-refractivity contribution in [2.75, 3.05) is 0 Å². The Morgan fingerprint density at radius 2 is 2.11 bits per heavy atom. The molecule has 2 aromatic heterocycles. The summed E-state index contributed by atoms with van der Waals surface area (Å²) in [4.78, 5) is 22.1. The van der Waals surface area contributed by atoms with E-state index in [2.05, 4.69) is 10.2 Å². The predicted octanol–water partition coefficient (Wildman–Crippen LogP) is 3.18. The number of nitrogens with two attached hydrogens (primary N) is 1. The van der Waals surface area contributed by atoms with Gasteiger partial charge in [0.2, 0.25) is 5.91 Å². The molecule has 1 amide bonds.